The molecule has 0 aliphatic heterocycles. The van der Waals surface area contributed by atoms with E-state index in [1.165, 1.54) is 22.5 Å². The average molecular weight is 313 g/mol. The minimum atomic E-state index is -0.0605. The number of carbonyl (C=O) groups is 1. The highest BCUT2D eigenvalue weighted by Crippen LogP contribution is 2.22. The van der Waals surface area contributed by atoms with E-state index in [1.807, 2.05) is 7.05 Å². The fourth-order valence-electron chi connectivity index (χ4n) is 2.06. The number of aryl methyl sites for hydroxylation is 1. The molecular weight excluding hydrogens is 294 g/mol. The minimum Gasteiger partial charge on any atom is -0.317 e. The van der Waals surface area contributed by atoms with E-state index in [4.69, 9.17) is 5.26 Å². The zero-order valence-corrected chi connectivity index (χ0v) is 13.6. The number of thiophene rings is 1. The molecular formula is C17H19N3OS. The lowest BCUT2D eigenvalue weighted by Gasteiger charge is -2.16. The van der Waals surface area contributed by atoms with Crippen molar-refractivity contribution in [2.24, 2.45) is 0 Å². The van der Waals surface area contributed by atoms with Crippen molar-refractivity contribution >= 4 is 22.2 Å². The van der Waals surface area contributed by atoms with Crippen molar-refractivity contribution in [1.29, 1.82) is 5.26 Å². The smallest absolute Gasteiger partial charge is 0.226 e. The molecule has 1 aromatic carbocycles. The molecule has 0 spiro atoms. The monoisotopic (exact) mass is 313 g/mol. The van der Waals surface area contributed by atoms with Gasteiger partial charge in [-0.25, -0.2) is 0 Å². The Labute approximate surface area is 135 Å². The van der Waals surface area contributed by atoms with Gasteiger partial charge in [0.25, 0.3) is 0 Å². The first kappa shape index (κ1) is 16.2. The molecule has 0 fully saturated rings. The third kappa shape index (κ3) is 4.69. The molecule has 0 aliphatic carbocycles. The lowest BCUT2D eigenvalue weighted by atomic mass is 10.1. The molecule has 1 amide bonds. The van der Waals surface area contributed by atoms with E-state index in [0.29, 0.717) is 23.5 Å². The van der Waals surface area contributed by atoms with E-state index in [9.17, 15) is 4.79 Å². The summed E-state index contributed by atoms with van der Waals surface area (Å²) in [5.41, 5.74) is 3.00. The number of carbonyl (C=O) groups excluding carboxylic acids is 1. The molecule has 0 saturated carbocycles. The van der Waals surface area contributed by atoms with Gasteiger partial charge in [-0.1, -0.05) is 29.8 Å². The molecule has 2 aromatic rings. The molecule has 5 heteroatoms. The van der Waals surface area contributed by atoms with Gasteiger partial charge in [-0.15, -0.1) is 11.3 Å². The number of hydrogen-bond acceptors (Lipinski definition) is 4. The van der Waals surface area contributed by atoms with E-state index in [0.717, 1.165) is 6.54 Å². The molecule has 0 radical (unpaired) electrons. The number of nitrogens with one attached hydrogen (secondary N) is 1. The first-order valence-corrected chi connectivity index (χ1v) is 7.98. The van der Waals surface area contributed by atoms with Crippen LogP contribution >= 0.6 is 11.3 Å². The van der Waals surface area contributed by atoms with Crippen LogP contribution in [0.4, 0.5) is 5.00 Å². The Kier molecular flexibility index (Phi) is 5.70. The summed E-state index contributed by atoms with van der Waals surface area (Å²) >= 11 is 1.37. The molecule has 0 saturated heterocycles. The van der Waals surface area contributed by atoms with Gasteiger partial charge in [0.2, 0.25) is 5.91 Å². The van der Waals surface area contributed by atoms with E-state index in [-0.39, 0.29) is 5.91 Å². The second-order valence-electron chi connectivity index (χ2n) is 5.30. The maximum Gasteiger partial charge on any atom is 0.226 e. The molecule has 1 aromatic heterocycles. The topological polar surface area (TPSA) is 56.1 Å². The highest BCUT2D eigenvalue weighted by atomic mass is 32.1. The Hall–Kier alpha value is -2.16. The summed E-state index contributed by atoms with van der Waals surface area (Å²) in [6.07, 6.45) is 0.408. The van der Waals surface area contributed by atoms with Gasteiger partial charge in [0, 0.05) is 19.5 Å². The number of benzene rings is 1. The van der Waals surface area contributed by atoms with Crippen LogP contribution in [0.25, 0.3) is 0 Å². The molecule has 22 heavy (non-hydrogen) atoms. The standard InChI is InChI=1S/C17H19N3OS/c1-13-3-5-14(6-4-13)12-20(2)9-7-16(21)19-17-15(11-18)8-10-22-17/h3-6,8,10H,7,9,12H2,1-2H3,(H,19,21). The summed E-state index contributed by atoms with van der Waals surface area (Å²) in [6.45, 7) is 3.56. The van der Waals surface area contributed by atoms with Crippen molar-refractivity contribution in [1.82, 2.24) is 4.90 Å². The number of nitrogens with zero attached hydrogens (tertiary/aromatic N) is 2. The molecule has 4 nitrogen and oxygen atoms in total. The molecule has 0 unspecified atom stereocenters. The number of anilines is 1. The lowest BCUT2D eigenvalue weighted by Crippen LogP contribution is -2.24. The second-order valence-corrected chi connectivity index (χ2v) is 6.21. The first-order chi connectivity index (χ1) is 10.6. The van der Waals surface area contributed by atoms with E-state index in [1.54, 1.807) is 11.4 Å². The second kappa shape index (κ2) is 7.74. The van der Waals surface area contributed by atoms with Crippen molar-refractivity contribution < 1.29 is 4.79 Å². The van der Waals surface area contributed by atoms with Crippen LogP contribution in [0.2, 0.25) is 0 Å². The predicted octanol–water partition coefficient (Wildman–Crippen LogP) is 3.39. The fraction of sp³-hybridized carbons (Fsp3) is 0.294. The van der Waals surface area contributed by atoms with Crippen molar-refractivity contribution in [2.75, 3.05) is 18.9 Å². The summed E-state index contributed by atoms with van der Waals surface area (Å²) in [4.78, 5) is 14.1. The highest BCUT2D eigenvalue weighted by molar-refractivity contribution is 7.14. The summed E-state index contributed by atoms with van der Waals surface area (Å²) in [7, 11) is 2.00. The summed E-state index contributed by atoms with van der Waals surface area (Å²) in [5.74, 6) is -0.0605. The van der Waals surface area contributed by atoms with Gasteiger partial charge in [0.15, 0.2) is 0 Å². The first-order valence-electron chi connectivity index (χ1n) is 7.10. The van der Waals surface area contributed by atoms with Crippen LogP contribution in [-0.2, 0) is 11.3 Å². The van der Waals surface area contributed by atoms with Crippen LogP contribution in [0, 0.1) is 18.3 Å². The van der Waals surface area contributed by atoms with Crippen LogP contribution in [0.1, 0.15) is 23.1 Å². The van der Waals surface area contributed by atoms with Crippen LogP contribution in [0.15, 0.2) is 35.7 Å². The van der Waals surface area contributed by atoms with Gasteiger partial charge in [-0.3, -0.25) is 4.79 Å². The van der Waals surface area contributed by atoms with Gasteiger partial charge in [-0.05, 0) is 31.0 Å². The van der Waals surface area contributed by atoms with Gasteiger partial charge in [-0.2, -0.15) is 5.26 Å². The molecule has 0 bridgehead atoms. The number of amides is 1. The van der Waals surface area contributed by atoms with Gasteiger partial charge in [0.1, 0.15) is 11.1 Å². The number of nitriles is 1. The quantitative estimate of drug-likeness (QED) is 0.889. The predicted molar refractivity (Wildman–Crippen MR) is 89.8 cm³/mol. The molecule has 1 N–H and O–H groups in total. The molecule has 0 aliphatic rings. The van der Waals surface area contributed by atoms with E-state index < -0.39 is 0 Å². The SMILES string of the molecule is Cc1ccc(CN(C)CCC(=O)Nc2sccc2C#N)cc1. The highest BCUT2D eigenvalue weighted by Gasteiger charge is 2.09. The van der Waals surface area contributed by atoms with Gasteiger partial charge >= 0.3 is 0 Å². The third-order valence-corrected chi connectivity index (χ3v) is 4.16. The van der Waals surface area contributed by atoms with Crippen LogP contribution < -0.4 is 5.32 Å². The average Bonchev–Trinajstić information content (AvgIpc) is 2.95. The zero-order valence-electron chi connectivity index (χ0n) is 12.8. The summed E-state index contributed by atoms with van der Waals surface area (Å²) in [5, 5.41) is 14.2. The Morgan fingerprint density at radius 2 is 2.05 bits per heavy atom. The Morgan fingerprint density at radius 1 is 1.32 bits per heavy atom. The van der Waals surface area contributed by atoms with Crippen molar-refractivity contribution in [3.63, 3.8) is 0 Å². The maximum absolute atomic E-state index is 11.9. The van der Waals surface area contributed by atoms with E-state index in [2.05, 4.69) is 47.5 Å². The van der Waals surface area contributed by atoms with Crippen molar-refractivity contribution in [3.05, 3.63) is 52.4 Å². The van der Waals surface area contributed by atoms with E-state index >= 15 is 0 Å². The largest absolute Gasteiger partial charge is 0.317 e. The molecule has 2 rings (SSSR count). The third-order valence-electron chi connectivity index (χ3n) is 3.33. The lowest BCUT2D eigenvalue weighted by molar-refractivity contribution is -0.116. The Balaban J connectivity index is 1.78. The fourth-order valence-corrected chi connectivity index (χ4v) is 2.81. The van der Waals surface area contributed by atoms with Crippen LogP contribution in [-0.4, -0.2) is 24.4 Å². The minimum absolute atomic E-state index is 0.0605. The zero-order chi connectivity index (χ0) is 15.9. The normalized spacial score (nSPS) is 10.5. The van der Waals surface area contributed by atoms with Gasteiger partial charge in [0.05, 0.1) is 5.56 Å². The molecule has 0 atom stereocenters. The maximum atomic E-state index is 11.9. The Morgan fingerprint density at radius 3 is 2.73 bits per heavy atom. The van der Waals surface area contributed by atoms with Crippen LogP contribution in [0.3, 0.4) is 0 Å². The summed E-state index contributed by atoms with van der Waals surface area (Å²) < 4.78 is 0. The molecule has 1 heterocycles. The van der Waals surface area contributed by atoms with Crippen molar-refractivity contribution in [2.45, 2.75) is 19.9 Å². The molecule has 114 valence electrons. The number of rotatable bonds is 6. The van der Waals surface area contributed by atoms with Crippen molar-refractivity contribution in [3.8, 4) is 6.07 Å². The Bertz CT molecular complexity index is 670. The summed E-state index contributed by atoms with van der Waals surface area (Å²) in [6, 6.07) is 12.2. The number of hydrogen-bond donors (Lipinski definition) is 1. The van der Waals surface area contributed by atoms with Crippen LogP contribution in [0.5, 0.6) is 0 Å². The van der Waals surface area contributed by atoms with Gasteiger partial charge < -0.3 is 10.2 Å².